The van der Waals surface area contributed by atoms with Crippen LogP contribution in [0.15, 0.2) is 42.5 Å². The number of ether oxygens (including phenoxy) is 1. The van der Waals surface area contributed by atoms with Gasteiger partial charge in [0.15, 0.2) is 0 Å². The number of nitrogens with one attached hydrogen (secondary N) is 1. The van der Waals surface area contributed by atoms with Gasteiger partial charge in [-0.05, 0) is 47.9 Å². The first-order chi connectivity index (χ1) is 10.3. The normalized spacial score (nSPS) is 14.4. The summed E-state index contributed by atoms with van der Waals surface area (Å²) in [7, 11) is 0. The van der Waals surface area contributed by atoms with E-state index in [0.717, 1.165) is 42.3 Å². The Morgan fingerprint density at radius 3 is 2.76 bits per heavy atom. The SMILES string of the molecule is CCCC(Nc1ccc2c(c1)CCO2)c1ccc(Cl)cc1. The molecule has 0 saturated heterocycles. The van der Waals surface area contributed by atoms with Crippen LogP contribution in [0.5, 0.6) is 5.75 Å². The van der Waals surface area contributed by atoms with Crippen LogP contribution in [0.4, 0.5) is 5.69 Å². The minimum atomic E-state index is 0.313. The lowest BCUT2D eigenvalue weighted by atomic mass is 10.0. The fourth-order valence-electron chi connectivity index (χ4n) is 2.78. The second-order valence-corrected chi connectivity index (χ2v) is 5.89. The summed E-state index contributed by atoms with van der Waals surface area (Å²) in [6.07, 6.45) is 3.23. The highest BCUT2D eigenvalue weighted by atomic mass is 35.5. The van der Waals surface area contributed by atoms with Gasteiger partial charge in [-0.3, -0.25) is 0 Å². The van der Waals surface area contributed by atoms with Crippen molar-refractivity contribution in [2.75, 3.05) is 11.9 Å². The molecule has 0 aromatic heterocycles. The van der Waals surface area contributed by atoms with Gasteiger partial charge in [0, 0.05) is 17.1 Å². The first kappa shape index (κ1) is 14.3. The molecule has 2 aromatic carbocycles. The molecule has 1 aliphatic rings. The first-order valence-corrected chi connectivity index (χ1v) is 7.92. The molecular formula is C18H20ClNO. The van der Waals surface area contributed by atoms with E-state index in [2.05, 4.69) is 42.6 Å². The number of anilines is 1. The van der Waals surface area contributed by atoms with Gasteiger partial charge in [0.25, 0.3) is 0 Å². The Balaban J connectivity index is 1.80. The summed E-state index contributed by atoms with van der Waals surface area (Å²) < 4.78 is 5.56. The molecule has 3 heteroatoms. The number of hydrogen-bond donors (Lipinski definition) is 1. The van der Waals surface area contributed by atoms with Crippen LogP contribution in [0.3, 0.4) is 0 Å². The molecule has 1 N–H and O–H groups in total. The molecule has 1 atom stereocenters. The zero-order chi connectivity index (χ0) is 14.7. The molecule has 21 heavy (non-hydrogen) atoms. The quantitative estimate of drug-likeness (QED) is 0.816. The average Bonchev–Trinajstić information content (AvgIpc) is 2.95. The lowest BCUT2D eigenvalue weighted by Gasteiger charge is -2.20. The Hall–Kier alpha value is -1.67. The van der Waals surface area contributed by atoms with Crippen LogP contribution >= 0.6 is 11.6 Å². The van der Waals surface area contributed by atoms with Gasteiger partial charge >= 0.3 is 0 Å². The van der Waals surface area contributed by atoms with Gasteiger partial charge < -0.3 is 10.1 Å². The van der Waals surface area contributed by atoms with Gasteiger partial charge in [-0.25, -0.2) is 0 Å². The number of fused-ring (bicyclic) bond motifs is 1. The van der Waals surface area contributed by atoms with Crippen LogP contribution in [0.2, 0.25) is 5.02 Å². The average molecular weight is 302 g/mol. The third-order valence-corrected chi connectivity index (χ3v) is 4.13. The van der Waals surface area contributed by atoms with Gasteiger partial charge in [0.1, 0.15) is 5.75 Å². The fraction of sp³-hybridized carbons (Fsp3) is 0.333. The van der Waals surface area contributed by atoms with Crippen molar-refractivity contribution < 1.29 is 4.74 Å². The van der Waals surface area contributed by atoms with Gasteiger partial charge in [0.2, 0.25) is 0 Å². The minimum absolute atomic E-state index is 0.313. The third-order valence-electron chi connectivity index (χ3n) is 3.88. The molecule has 0 fully saturated rings. The van der Waals surface area contributed by atoms with E-state index in [1.165, 1.54) is 11.1 Å². The minimum Gasteiger partial charge on any atom is -0.493 e. The summed E-state index contributed by atoms with van der Waals surface area (Å²) in [5, 5.41) is 4.43. The van der Waals surface area contributed by atoms with Crippen molar-refractivity contribution in [1.29, 1.82) is 0 Å². The maximum Gasteiger partial charge on any atom is 0.122 e. The summed E-state index contributed by atoms with van der Waals surface area (Å²) in [6, 6.07) is 14.8. The van der Waals surface area contributed by atoms with Crippen LogP contribution in [0, 0.1) is 0 Å². The molecule has 1 aliphatic heterocycles. The predicted octanol–water partition coefficient (Wildman–Crippen LogP) is 5.23. The Kier molecular flexibility index (Phi) is 4.35. The number of rotatable bonds is 5. The van der Waals surface area contributed by atoms with Gasteiger partial charge in [-0.1, -0.05) is 37.1 Å². The number of halogens is 1. The molecule has 0 aliphatic carbocycles. The molecule has 0 amide bonds. The van der Waals surface area contributed by atoms with E-state index in [-0.39, 0.29) is 0 Å². The summed E-state index contributed by atoms with van der Waals surface area (Å²) in [4.78, 5) is 0. The van der Waals surface area contributed by atoms with Crippen molar-refractivity contribution in [2.24, 2.45) is 0 Å². The van der Waals surface area contributed by atoms with Gasteiger partial charge in [0.05, 0.1) is 12.6 Å². The largest absolute Gasteiger partial charge is 0.493 e. The lowest BCUT2D eigenvalue weighted by molar-refractivity contribution is 0.357. The molecule has 0 saturated carbocycles. The van der Waals surface area contributed by atoms with E-state index in [0.29, 0.717) is 6.04 Å². The second-order valence-electron chi connectivity index (χ2n) is 5.46. The van der Waals surface area contributed by atoms with E-state index in [4.69, 9.17) is 16.3 Å². The van der Waals surface area contributed by atoms with Crippen molar-refractivity contribution in [1.82, 2.24) is 0 Å². The van der Waals surface area contributed by atoms with Crippen LogP contribution in [0.1, 0.15) is 36.9 Å². The summed E-state index contributed by atoms with van der Waals surface area (Å²) in [5.74, 6) is 1.03. The van der Waals surface area contributed by atoms with Gasteiger partial charge in [-0.2, -0.15) is 0 Å². The molecule has 2 aromatic rings. The van der Waals surface area contributed by atoms with Crippen molar-refractivity contribution in [2.45, 2.75) is 32.2 Å². The zero-order valence-corrected chi connectivity index (χ0v) is 13.0. The zero-order valence-electron chi connectivity index (χ0n) is 12.2. The monoisotopic (exact) mass is 301 g/mol. The smallest absolute Gasteiger partial charge is 0.122 e. The summed E-state index contributed by atoms with van der Waals surface area (Å²) in [6.45, 7) is 3.01. The van der Waals surface area contributed by atoms with E-state index in [1.54, 1.807) is 0 Å². The van der Waals surface area contributed by atoms with Crippen molar-refractivity contribution >= 4 is 17.3 Å². The topological polar surface area (TPSA) is 21.3 Å². The van der Waals surface area contributed by atoms with Gasteiger partial charge in [-0.15, -0.1) is 0 Å². The highest BCUT2D eigenvalue weighted by Gasteiger charge is 2.15. The predicted molar refractivity (Wildman–Crippen MR) is 88.4 cm³/mol. The van der Waals surface area contributed by atoms with Crippen LogP contribution in [0.25, 0.3) is 0 Å². The first-order valence-electron chi connectivity index (χ1n) is 7.54. The fourth-order valence-corrected chi connectivity index (χ4v) is 2.91. The third kappa shape index (κ3) is 3.33. The molecule has 1 heterocycles. The maximum absolute atomic E-state index is 5.98. The van der Waals surface area contributed by atoms with Crippen molar-refractivity contribution in [3.8, 4) is 5.75 Å². The Morgan fingerprint density at radius 2 is 2.00 bits per heavy atom. The van der Waals surface area contributed by atoms with E-state index in [1.807, 2.05) is 12.1 Å². The molecule has 0 radical (unpaired) electrons. The molecule has 3 rings (SSSR count). The number of benzene rings is 2. The highest BCUT2D eigenvalue weighted by Crippen LogP contribution is 2.31. The van der Waals surface area contributed by atoms with Crippen LogP contribution < -0.4 is 10.1 Å². The van der Waals surface area contributed by atoms with Crippen LogP contribution in [-0.4, -0.2) is 6.61 Å². The second kappa shape index (κ2) is 6.40. The Labute approximate surface area is 131 Å². The van der Waals surface area contributed by atoms with E-state index >= 15 is 0 Å². The van der Waals surface area contributed by atoms with Crippen LogP contribution in [-0.2, 0) is 6.42 Å². The number of hydrogen-bond acceptors (Lipinski definition) is 2. The molecule has 0 spiro atoms. The molecule has 110 valence electrons. The standard InChI is InChI=1S/C18H20ClNO/c1-2-3-17(13-4-6-15(19)7-5-13)20-16-8-9-18-14(12-16)10-11-21-18/h4-9,12,17,20H,2-3,10-11H2,1H3. The Bertz CT molecular complexity index is 609. The molecule has 1 unspecified atom stereocenters. The van der Waals surface area contributed by atoms with Crippen molar-refractivity contribution in [3.05, 3.63) is 58.6 Å². The highest BCUT2D eigenvalue weighted by molar-refractivity contribution is 6.30. The Morgan fingerprint density at radius 1 is 1.19 bits per heavy atom. The molecular weight excluding hydrogens is 282 g/mol. The van der Waals surface area contributed by atoms with E-state index < -0.39 is 0 Å². The maximum atomic E-state index is 5.98. The van der Waals surface area contributed by atoms with Crippen molar-refractivity contribution in [3.63, 3.8) is 0 Å². The lowest BCUT2D eigenvalue weighted by Crippen LogP contribution is -2.10. The molecule has 0 bridgehead atoms. The van der Waals surface area contributed by atoms with E-state index in [9.17, 15) is 0 Å². The summed E-state index contributed by atoms with van der Waals surface area (Å²) in [5.41, 5.74) is 3.73. The molecule has 2 nitrogen and oxygen atoms in total. The summed E-state index contributed by atoms with van der Waals surface area (Å²) >= 11 is 5.98.